The number of likely N-dealkylation sites (tertiary alicyclic amines) is 1. The minimum absolute atomic E-state index is 0.0945. The van der Waals surface area contributed by atoms with Gasteiger partial charge in [-0.3, -0.25) is 9.59 Å². The number of benzene rings is 2. The number of methoxy groups -OCH3 is 1. The van der Waals surface area contributed by atoms with Gasteiger partial charge in [0.1, 0.15) is 12.6 Å². The Kier molecular flexibility index (Phi) is 6.88. The minimum Gasteiger partial charge on any atom is -0.481 e. The van der Waals surface area contributed by atoms with E-state index in [9.17, 15) is 19.5 Å². The van der Waals surface area contributed by atoms with Crippen LogP contribution in [0.4, 0.5) is 4.79 Å². The van der Waals surface area contributed by atoms with Crippen molar-refractivity contribution in [3.05, 3.63) is 59.7 Å². The molecule has 1 aliphatic carbocycles. The second-order valence-corrected chi connectivity index (χ2v) is 9.05. The molecule has 0 aromatic heterocycles. The summed E-state index contributed by atoms with van der Waals surface area (Å²) in [6.07, 6.45) is -1.33. The number of alkyl carbamates (subject to hydrolysis) is 1. The van der Waals surface area contributed by atoms with Gasteiger partial charge >= 0.3 is 12.1 Å². The van der Waals surface area contributed by atoms with Crippen molar-refractivity contribution in [3.63, 3.8) is 0 Å². The summed E-state index contributed by atoms with van der Waals surface area (Å²) in [5.74, 6) is -2.20. The molecule has 0 spiro atoms. The molecule has 0 bridgehead atoms. The van der Waals surface area contributed by atoms with E-state index in [1.54, 1.807) is 13.8 Å². The molecule has 1 fully saturated rings. The van der Waals surface area contributed by atoms with Gasteiger partial charge in [0.05, 0.1) is 12.0 Å². The van der Waals surface area contributed by atoms with Gasteiger partial charge in [-0.1, -0.05) is 55.5 Å². The average Bonchev–Trinajstić information content (AvgIpc) is 3.38. The maximum absolute atomic E-state index is 13.2. The molecule has 180 valence electrons. The first-order valence-electron chi connectivity index (χ1n) is 11.5. The maximum Gasteiger partial charge on any atom is 0.407 e. The summed E-state index contributed by atoms with van der Waals surface area (Å²) in [4.78, 5) is 38.9. The number of nitrogens with one attached hydrogen (secondary N) is 1. The zero-order chi connectivity index (χ0) is 24.4. The first-order chi connectivity index (χ1) is 16.3. The molecule has 4 atom stereocenters. The van der Waals surface area contributed by atoms with Gasteiger partial charge in [0, 0.05) is 26.1 Å². The zero-order valence-electron chi connectivity index (χ0n) is 19.6. The number of carboxylic acid groups (broad SMARTS) is 1. The number of rotatable bonds is 7. The first-order valence-corrected chi connectivity index (χ1v) is 11.5. The fourth-order valence-electron chi connectivity index (χ4n) is 4.95. The average molecular weight is 467 g/mol. The van der Waals surface area contributed by atoms with E-state index in [4.69, 9.17) is 9.47 Å². The molecule has 2 N–H and O–H groups in total. The summed E-state index contributed by atoms with van der Waals surface area (Å²) in [6, 6.07) is 15.1. The van der Waals surface area contributed by atoms with Crippen LogP contribution in [0.3, 0.4) is 0 Å². The van der Waals surface area contributed by atoms with Crippen molar-refractivity contribution < 1.29 is 29.0 Å². The van der Waals surface area contributed by atoms with E-state index in [0.29, 0.717) is 6.54 Å². The largest absolute Gasteiger partial charge is 0.481 e. The van der Waals surface area contributed by atoms with Crippen LogP contribution >= 0.6 is 0 Å². The molecular weight excluding hydrogens is 436 g/mol. The normalized spacial score (nSPS) is 20.9. The number of ether oxygens (including phenoxy) is 2. The third-order valence-corrected chi connectivity index (χ3v) is 6.97. The third kappa shape index (κ3) is 4.50. The van der Waals surface area contributed by atoms with Gasteiger partial charge in [0.15, 0.2) is 0 Å². The van der Waals surface area contributed by atoms with Gasteiger partial charge in [0.2, 0.25) is 5.91 Å². The number of amides is 2. The van der Waals surface area contributed by atoms with Gasteiger partial charge < -0.3 is 24.8 Å². The Morgan fingerprint density at radius 2 is 1.65 bits per heavy atom. The van der Waals surface area contributed by atoms with E-state index in [0.717, 1.165) is 22.3 Å². The van der Waals surface area contributed by atoms with Crippen LogP contribution in [0.25, 0.3) is 11.1 Å². The molecule has 1 aliphatic heterocycles. The Balaban J connectivity index is 1.43. The van der Waals surface area contributed by atoms with Crippen LogP contribution < -0.4 is 5.32 Å². The second-order valence-electron chi connectivity index (χ2n) is 9.05. The van der Waals surface area contributed by atoms with E-state index in [1.807, 2.05) is 36.4 Å². The van der Waals surface area contributed by atoms with Crippen LogP contribution in [0, 0.1) is 11.8 Å². The van der Waals surface area contributed by atoms with Gasteiger partial charge in [0.25, 0.3) is 0 Å². The van der Waals surface area contributed by atoms with Gasteiger partial charge in [-0.15, -0.1) is 0 Å². The lowest BCUT2D eigenvalue weighted by atomic mass is 9.98. The zero-order valence-corrected chi connectivity index (χ0v) is 19.6. The van der Waals surface area contributed by atoms with Gasteiger partial charge in [-0.2, -0.15) is 0 Å². The number of hydrogen-bond donors (Lipinski definition) is 2. The Bertz CT molecular complexity index is 1040. The minimum atomic E-state index is -0.986. The summed E-state index contributed by atoms with van der Waals surface area (Å²) in [5, 5.41) is 12.0. The Hall–Kier alpha value is -3.39. The Morgan fingerprint density at radius 1 is 1.06 bits per heavy atom. The molecule has 4 rings (SSSR count). The van der Waals surface area contributed by atoms with E-state index < -0.39 is 30.1 Å². The summed E-state index contributed by atoms with van der Waals surface area (Å²) in [5.41, 5.74) is 4.45. The predicted octanol–water partition coefficient (Wildman–Crippen LogP) is 3.11. The van der Waals surface area contributed by atoms with Crippen molar-refractivity contribution in [2.75, 3.05) is 26.8 Å². The van der Waals surface area contributed by atoms with Crippen LogP contribution in [0.5, 0.6) is 0 Å². The molecule has 34 heavy (non-hydrogen) atoms. The maximum atomic E-state index is 13.2. The fraction of sp³-hybridized carbons (Fsp3) is 0.423. The SMILES string of the molecule is CO[C@H](C)[C@H](NC(=O)OCC1c2ccccc2-c2ccccc21)C(=O)N1C[C@H](C(=O)O)[C@@H](C)C1. The lowest BCUT2D eigenvalue weighted by Crippen LogP contribution is -2.54. The lowest BCUT2D eigenvalue weighted by molar-refractivity contribution is -0.142. The van der Waals surface area contributed by atoms with Crippen molar-refractivity contribution in [2.24, 2.45) is 11.8 Å². The molecule has 0 radical (unpaired) electrons. The Labute approximate surface area is 198 Å². The number of fused-ring (bicyclic) bond motifs is 3. The number of carbonyl (C=O) groups is 3. The van der Waals surface area contributed by atoms with E-state index in [2.05, 4.69) is 17.4 Å². The highest BCUT2D eigenvalue weighted by Gasteiger charge is 2.41. The highest BCUT2D eigenvalue weighted by molar-refractivity contribution is 5.87. The van der Waals surface area contributed by atoms with Crippen molar-refractivity contribution in [1.82, 2.24) is 10.2 Å². The molecule has 0 unspecified atom stereocenters. The van der Waals surface area contributed by atoms with Crippen LogP contribution in [0.2, 0.25) is 0 Å². The third-order valence-electron chi connectivity index (χ3n) is 6.97. The number of carbonyl (C=O) groups excluding carboxylic acids is 2. The van der Waals surface area contributed by atoms with E-state index >= 15 is 0 Å². The quantitative estimate of drug-likeness (QED) is 0.650. The smallest absolute Gasteiger partial charge is 0.407 e. The molecule has 8 nitrogen and oxygen atoms in total. The standard InChI is InChI=1S/C26H30N2O6/c1-15-12-28(13-21(15)25(30)31)24(29)23(16(2)33-3)27-26(32)34-14-22-19-10-6-4-8-17(19)18-9-5-7-11-20(18)22/h4-11,15-16,21-23H,12-14H2,1-3H3,(H,27,32)(H,30,31)/t15-,16+,21-,23-/m0/s1. The van der Waals surface area contributed by atoms with E-state index in [1.165, 1.54) is 12.0 Å². The highest BCUT2D eigenvalue weighted by Crippen LogP contribution is 2.44. The monoisotopic (exact) mass is 466 g/mol. The number of nitrogens with zero attached hydrogens (tertiary/aromatic N) is 1. The molecule has 2 amide bonds. The Morgan fingerprint density at radius 3 is 2.18 bits per heavy atom. The highest BCUT2D eigenvalue weighted by atomic mass is 16.5. The predicted molar refractivity (Wildman–Crippen MR) is 125 cm³/mol. The molecule has 2 aliphatic rings. The molecule has 1 heterocycles. The molecule has 2 aromatic carbocycles. The number of aliphatic carboxylic acids is 1. The topological polar surface area (TPSA) is 105 Å². The van der Waals surface area contributed by atoms with Crippen molar-refractivity contribution in [1.29, 1.82) is 0 Å². The van der Waals surface area contributed by atoms with Crippen molar-refractivity contribution in [2.45, 2.75) is 31.9 Å². The lowest BCUT2D eigenvalue weighted by Gasteiger charge is -2.28. The second kappa shape index (κ2) is 9.85. The molecule has 8 heteroatoms. The molecule has 0 saturated carbocycles. The fourth-order valence-corrected chi connectivity index (χ4v) is 4.95. The van der Waals surface area contributed by atoms with Gasteiger partial charge in [-0.05, 0) is 35.1 Å². The van der Waals surface area contributed by atoms with Crippen LogP contribution in [0.15, 0.2) is 48.5 Å². The van der Waals surface area contributed by atoms with Crippen molar-refractivity contribution in [3.8, 4) is 11.1 Å². The van der Waals surface area contributed by atoms with E-state index in [-0.39, 0.29) is 30.9 Å². The molecular formula is C26H30N2O6. The summed E-state index contributed by atoms with van der Waals surface area (Å²) in [6.45, 7) is 4.04. The van der Waals surface area contributed by atoms with Crippen molar-refractivity contribution >= 4 is 18.0 Å². The van der Waals surface area contributed by atoms with Gasteiger partial charge in [-0.25, -0.2) is 4.79 Å². The molecule has 2 aromatic rings. The first kappa shape index (κ1) is 23.8. The van der Waals surface area contributed by atoms with Crippen LogP contribution in [0.1, 0.15) is 30.9 Å². The van der Waals surface area contributed by atoms with Crippen LogP contribution in [-0.4, -0.2) is 66.9 Å². The summed E-state index contributed by atoms with van der Waals surface area (Å²) >= 11 is 0. The number of carboxylic acids is 1. The number of hydrogen-bond acceptors (Lipinski definition) is 5. The van der Waals surface area contributed by atoms with Crippen LogP contribution in [-0.2, 0) is 19.1 Å². The summed E-state index contributed by atoms with van der Waals surface area (Å²) < 4.78 is 10.9. The summed E-state index contributed by atoms with van der Waals surface area (Å²) in [7, 11) is 1.46. The molecule has 1 saturated heterocycles.